The van der Waals surface area contributed by atoms with E-state index in [1.165, 1.54) is 18.4 Å². The van der Waals surface area contributed by atoms with Crippen molar-refractivity contribution in [3.8, 4) is 0 Å². The normalized spacial score (nSPS) is 17.0. The van der Waals surface area contributed by atoms with Gasteiger partial charge in [0.05, 0.1) is 6.04 Å². The van der Waals surface area contributed by atoms with E-state index in [4.69, 9.17) is 0 Å². The third kappa shape index (κ3) is 2.53. The number of hydrogen-bond donors (Lipinski definition) is 1. The molecule has 88 valence electrons. The van der Waals surface area contributed by atoms with Gasteiger partial charge in [0.2, 0.25) is 0 Å². The van der Waals surface area contributed by atoms with Gasteiger partial charge in [0, 0.05) is 29.5 Å². The lowest BCUT2D eigenvalue weighted by Crippen LogP contribution is -2.24. The molecule has 1 N–H and O–H groups in total. The van der Waals surface area contributed by atoms with Crippen LogP contribution in [0.3, 0.4) is 0 Å². The third-order valence-electron chi connectivity index (χ3n) is 2.88. The Bertz CT molecular complexity index is 490. The van der Waals surface area contributed by atoms with Crippen molar-refractivity contribution in [3.05, 3.63) is 46.2 Å². The Balaban J connectivity index is 1.91. The smallest absolute Gasteiger partial charge is 0.114 e. The molecule has 2 aromatic heterocycles. The van der Waals surface area contributed by atoms with Gasteiger partial charge < -0.3 is 5.32 Å². The molecule has 1 saturated carbocycles. The number of thiazole rings is 1. The van der Waals surface area contributed by atoms with Gasteiger partial charge in [-0.15, -0.1) is 11.3 Å². The number of aromatic nitrogens is 2. The first kappa shape index (κ1) is 10.9. The second-order valence-corrected chi connectivity index (χ2v) is 5.38. The van der Waals surface area contributed by atoms with Crippen molar-refractivity contribution < 1.29 is 0 Å². The molecule has 0 saturated heterocycles. The molecule has 4 heteroatoms. The van der Waals surface area contributed by atoms with Crippen LogP contribution in [-0.2, 0) is 0 Å². The lowest BCUT2D eigenvalue weighted by atomic mass is 10.1. The molecule has 2 heterocycles. The van der Waals surface area contributed by atoms with E-state index in [0.717, 1.165) is 10.7 Å². The summed E-state index contributed by atoms with van der Waals surface area (Å²) in [5, 5.41) is 6.89. The first-order chi connectivity index (χ1) is 8.33. The van der Waals surface area contributed by atoms with E-state index in [1.54, 1.807) is 11.3 Å². The van der Waals surface area contributed by atoms with E-state index in [-0.39, 0.29) is 6.04 Å². The Labute approximate surface area is 105 Å². The van der Waals surface area contributed by atoms with Gasteiger partial charge in [0.1, 0.15) is 5.01 Å². The molecular weight excluding hydrogens is 230 g/mol. The molecule has 3 nitrogen and oxygen atoms in total. The summed E-state index contributed by atoms with van der Waals surface area (Å²) in [5.74, 6) is 0. The zero-order chi connectivity index (χ0) is 11.7. The van der Waals surface area contributed by atoms with Gasteiger partial charge in [-0.25, -0.2) is 4.98 Å². The molecule has 0 amide bonds. The van der Waals surface area contributed by atoms with Crippen LogP contribution in [0, 0.1) is 6.92 Å². The van der Waals surface area contributed by atoms with Crippen LogP contribution >= 0.6 is 11.3 Å². The summed E-state index contributed by atoms with van der Waals surface area (Å²) in [4.78, 5) is 8.80. The van der Waals surface area contributed by atoms with Gasteiger partial charge in [-0.05, 0) is 31.4 Å². The van der Waals surface area contributed by atoms with E-state index in [1.807, 2.05) is 25.4 Å². The Morgan fingerprint density at radius 2 is 2.35 bits per heavy atom. The van der Waals surface area contributed by atoms with Crippen LogP contribution in [0.15, 0.2) is 29.9 Å². The highest BCUT2D eigenvalue weighted by Gasteiger charge is 2.27. The molecule has 1 fully saturated rings. The summed E-state index contributed by atoms with van der Waals surface area (Å²) in [7, 11) is 0. The number of hydrogen-bond acceptors (Lipinski definition) is 4. The van der Waals surface area contributed by atoms with Crippen molar-refractivity contribution in [2.24, 2.45) is 0 Å². The monoisotopic (exact) mass is 245 g/mol. The number of aryl methyl sites for hydroxylation is 1. The average Bonchev–Trinajstić information content (AvgIpc) is 3.08. The van der Waals surface area contributed by atoms with Crippen molar-refractivity contribution in [1.82, 2.24) is 15.3 Å². The summed E-state index contributed by atoms with van der Waals surface area (Å²) >= 11 is 1.72. The van der Waals surface area contributed by atoms with Crippen LogP contribution in [0.5, 0.6) is 0 Å². The predicted molar refractivity (Wildman–Crippen MR) is 69.1 cm³/mol. The van der Waals surface area contributed by atoms with E-state index >= 15 is 0 Å². The zero-order valence-corrected chi connectivity index (χ0v) is 10.6. The van der Waals surface area contributed by atoms with E-state index in [2.05, 4.69) is 26.7 Å². The quantitative estimate of drug-likeness (QED) is 0.900. The van der Waals surface area contributed by atoms with Gasteiger partial charge in [-0.2, -0.15) is 0 Å². The van der Waals surface area contributed by atoms with Crippen LogP contribution in [0.25, 0.3) is 0 Å². The van der Waals surface area contributed by atoms with Gasteiger partial charge in [-0.3, -0.25) is 4.98 Å². The van der Waals surface area contributed by atoms with Crippen molar-refractivity contribution in [1.29, 1.82) is 0 Å². The Morgan fingerprint density at radius 3 is 2.94 bits per heavy atom. The molecule has 17 heavy (non-hydrogen) atoms. The van der Waals surface area contributed by atoms with Crippen molar-refractivity contribution in [3.63, 3.8) is 0 Å². The van der Waals surface area contributed by atoms with Crippen molar-refractivity contribution in [2.45, 2.75) is 31.8 Å². The van der Waals surface area contributed by atoms with Gasteiger partial charge in [0.15, 0.2) is 0 Å². The van der Waals surface area contributed by atoms with Crippen molar-refractivity contribution >= 4 is 11.3 Å². The molecule has 2 aromatic rings. The SMILES string of the molecule is Cc1csc(C(NC2CC2)c2cccnc2)n1. The molecule has 1 unspecified atom stereocenters. The maximum atomic E-state index is 4.60. The summed E-state index contributed by atoms with van der Waals surface area (Å²) < 4.78 is 0. The second-order valence-electron chi connectivity index (χ2n) is 4.49. The predicted octanol–water partition coefficient (Wildman–Crippen LogP) is 2.69. The molecule has 0 aromatic carbocycles. The summed E-state index contributed by atoms with van der Waals surface area (Å²) in [6.07, 6.45) is 6.30. The summed E-state index contributed by atoms with van der Waals surface area (Å²) in [6.45, 7) is 2.04. The topological polar surface area (TPSA) is 37.8 Å². The molecule has 1 aliphatic carbocycles. The van der Waals surface area contributed by atoms with E-state index < -0.39 is 0 Å². The molecular formula is C13H15N3S. The molecule has 0 aliphatic heterocycles. The maximum Gasteiger partial charge on any atom is 0.114 e. The molecule has 3 rings (SSSR count). The summed E-state index contributed by atoms with van der Waals surface area (Å²) in [6, 6.07) is 4.96. The lowest BCUT2D eigenvalue weighted by molar-refractivity contribution is 0.595. The fraction of sp³-hybridized carbons (Fsp3) is 0.385. The number of pyridine rings is 1. The Morgan fingerprint density at radius 1 is 1.47 bits per heavy atom. The highest BCUT2D eigenvalue weighted by Crippen LogP contribution is 2.29. The average molecular weight is 245 g/mol. The molecule has 0 radical (unpaired) electrons. The molecule has 1 aliphatic rings. The van der Waals surface area contributed by atoms with Crippen LogP contribution in [0.2, 0.25) is 0 Å². The van der Waals surface area contributed by atoms with Crippen LogP contribution < -0.4 is 5.32 Å². The van der Waals surface area contributed by atoms with Crippen LogP contribution in [0.4, 0.5) is 0 Å². The van der Waals surface area contributed by atoms with Gasteiger partial charge in [0.25, 0.3) is 0 Å². The minimum absolute atomic E-state index is 0.204. The third-order valence-corrected chi connectivity index (χ3v) is 3.91. The maximum absolute atomic E-state index is 4.60. The standard InChI is InChI=1S/C13H15N3S/c1-9-8-17-13(15-9)12(16-11-4-5-11)10-3-2-6-14-7-10/h2-3,6-8,11-12,16H,4-5H2,1H3. The molecule has 0 bridgehead atoms. The first-order valence-electron chi connectivity index (χ1n) is 5.91. The lowest BCUT2D eigenvalue weighted by Gasteiger charge is -2.16. The Kier molecular flexibility index (Phi) is 2.91. The largest absolute Gasteiger partial charge is 0.301 e. The minimum Gasteiger partial charge on any atom is -0.301 e. The zero-order valence-electron chi connectivity index (χ0n) is 9.76. The highest BCUT2D eigenvalue weighted by atomic mass is 32.1. The van der Waals surface area contributed by atoms with Crippen molar-refractivity contribution in [2.75, 3.05) is 0 Å². The van der Waals surface area contributed by atoms with Gasteiger partial charge >= 0.3 is 0 Å². The van der Waals surface area contributed by atoms with Gasteiger partial charge in [-0.1, -0.05) is 6.07 Å². The fourth-order valence-corrected chi connectivity index (χ4v) is 2.73. The van der Waals surface area contributed by atoms with Crippen LogP contribution in [0.1, 0.15) is 35.1 Å². The van der Waals surface area contributed by atoms with E-state index in [9.17, 15) is 0 Å². The van der Waals surface area contributed by atoms with E-state index in [0.29, 0.717) is 6.04 Å². The second kappa shape index (κ2) is 4.55. The summed E-state index contributed by atoms with van der Waals surface area (Å²) in [5.41, 5.74) is 2.30. The van der Waals surface area contributed by atoms with Crippen LogP contribution in [-0.4, -0.2) is 16.0 Å². The fourth-order valence-electron chi connectivity index (χ4n) is 1.85. The number of nitrogens with zero attached hydrogens (tertiary/aromatic N) is 2. The first-order valence-corrected chi connectivity index (χ1v) is 6.79. The minimum atomic E-state index is 0.204. The number of nitrogens with one attached hydrogen (secondary N) is 1. The number of rotatable bonds is 4. The Hall–Kier alpha value is -1.26. The highest BCUT2D eigenvalue weighted by molar-refractivity contribution is 7.09. The molecule has 1 atom stereocenters. The molecule has 0 spiro atoms.